The number of nitrogens with one attached hydrogen (secondary N) is 1. The standard InChI is InChI=1S/C15H18ClN3O/c1-15(20,11-4-6-17-7-5-11)13-3-2-10-9-18-14(16)8-12(10)19-13/h2-3,8-9,11,17,20H,4-7H2,1H3. The largest absolute Gasteiger partial charge is 0.384 e. The highest BCUT2D eigenvalue weighted by Crippen LogP contribution is 2.34. The Kier molecular flexibility index (Phi) is 3.63. The van der Waals surface area contributed by atoms with Crippen LogP contribution in [0.15, 0.2) is 24.4 Å². The Hall–Kier alpha value is -1.23. The lowest BCUT2D eigenvalue weighted by Crippen LogP contribution is -2.40. The summed E-state index contributed by atoms with van der Waals surface area (Å²) in [7, 11) is 0. The van der Waals surface area contributed by atoms with Gasteiger partial charge in [-0.15, -0.1) is 0 Å². The molecule has 0 bridgehead atoms. The van der Waals surface area contributed by atoms with Crippen molar-refractivity contribution < 1.29 is 5.11 Å². The van der Waals surface area contributed by atoms with Crippen LogP contribution in [0.3, 0.4) is 0 Å². The molecule has 20 heavy (non-hydrogen) atoms. The van der Waals surface area contributed by atoms with Crippen molar-refractivity contribution in [3.63, 3.8) is 0 Å². The smallest absolute Gasteiger partial charge is 0.131 e. The van der Waals surface area contributed by atoms with Gasteiger partial charge in [-0.2, -0.15) is 0 Å². The molecule has 1 aliphatic heterocycles. The molecule has 1 aliphatic rings. The van der Waals surface area contributed by atoms with Gasteiger partial charge >= 0.3 is 0 Å². The maximum atomic E-state index is 10.9. The molecule has 1 saturated heterocycles. The van der Waals surface area contributed by atoms with Crippen molar-refractivity contribution in [2.75, 3.05) is 13.1 Å². The first-order valence-electron chi connectivity index (χ1n) is 6.93. The third-order valence-electron chi connectivity index (χ3n) is 4.19. The molecule has 0 amide bonds. The van der Waals surface area contributed by atoms with Gasteiger partial charge in [-0.05, 0) is 50.9 Å². The normalized spacial score (nSPS) is 19.9. The summed E-state index contributed by atoms with van der Waals surface area (Å²) in [6, 6.07) is 5.56. The molecule has 0 saturated carbocycles. The second-order valence-electron chi connectivity index (χ2n) is 5.57. The molecule has 2 aromatic heterocycles. The predicted molar refractivity (Wildman–Crippen MR) is 79.7 cm³/mol. The quantitative estimate of drug-likeness (QED) is 0.835. The van der Waals surface area contributed by atoms with Gasteiger partial charge in [0.15, 0.2) is 0 Å². The molecule has 0 radical (unpaired) electrons. The summed E-state index contributed by atoms with van der Waals surface area (Å²) in [4.78, 5) is 8.63. The molecule has 2 N–H and O–H groups in total. The van der Waals surface area contributed by atoms with Crippen LogP contribution in [0.4, 0.5) is 0 Å². The van der Waals surface area contributed by atoms with E-state index in [-0.39, 0.29) is 5.92 Å². The van der Waals surface area contributed by atoms with Crippen molar-refractivity contribution in [2.45, 2.75) is 25.4 Å². The van der Waals surface area contributed by atoms with Crippen molar-refractivity contribution in [3.8, 4) is 0 Å². The van der Waals surface area contributed by atoms with Crippen LogP contribution in [-0.4, -0.2) is 28.2 Å². The zero-order valence-electron chi connectivity index (χ0n) is 11.4. The summed E-state index contributed by atoms with van der Waals surface area (Å²) in [5, 5.41) is 15.6. The van der Waals surface area contributed by atoms with E-state index >= 15 is 0 Å². The lowest BCUT2D eigenvalue weighted by atomic mass is 9.80. The van der Waals surface area contributed by atoms with Gasteiger partial charge < -0.3 is 10.4 Å². The topological polar surface area (TPSA) is 58.0 Å². The molecule has 1 fully saturated rings. The highest BCUT2D eigenvalue weighted by molar-refractivity contribution is 6.29. The molecule has 0 aliphatic carbocycles. The van der Waals surface area contributed by atoms with Crippen molar-refractivity contribution in [1.82, 2.24) is 15.3 Å². The van der Waals surface area contributed by atoms with Crippen LogP contribution in [0.5, 0.6) is 0 Å². The van der Waals surface area contributed by atoms with E-state index in [0.717, 1.165) is 36.8 Å². The van der Waals surface area contributed by atoms with Gasteiger partial charge in [-0.25, -0.2) is 9.97 Å². The number of hydrogen-bond donors (Lipinski definition) is 2. The van der Waals surface area contributed by atoms with Gasteiger partial charge in [0.1, 0.15) is 10.8 Å². The number of pyridine rings is 2. The Morgan fingerprint density at radius 2 is 2.10 bits per heavy atom. The van der Waals surface area contributed by atoms with Crippen molar-refractivity contribution >= 4 is 22.5 Å². The SMILES string of the molecule is CC(O)(c1ccc2cnc(Cl)cc2n1)C1CCNCC1. The van der Waals surface area contributed by atoms with Gasteiger partial charge in [0.05, 0.1) is 11.2 Å². The molecular formula is C15H18ClN3O. The van der Waals surface area contributed by atoms with Crippen LogP contribution in [0, 0.1) is 5.92 Å². The van der Waals surface area contributed by atoms with Gasteiger partial charge in [-0.3, -0.25) is 0 Å². The Bertz CT molecular complexity index is 624. The Morgan fingerprint density at radius 1 is 1.35 bits per heavy atom. The molecule has 3 rings (SSSR count). The first-order valence-corrected chi connectivity index (χ1v) is 7.31. The van der Waals surface area contributed by atoms with Crippen LogP contribution < -0.4 is 5.32 Å². The van der Waals surface area contributed by atoms with Gasteiger partial charge in [0.25, 0.3) is 0 Å². The second-order valence-corrected chi connectivity index (χ2v) is 5.96. The minimum absolute atomic E-state index is 0.228. The Labute approximate surface area is 123 Å². The summed E-state index contributed by atoms with van der Waals surface area (Å²) >= 11 is 5.91. The molecule has 2 aromatic rings. The summed E-state index contributed by atoms with van der Waals surface area (Å²) in [5.74, 6) is 0.228. The number of hydrogen-bond acceptors (Lipinski definition) is 4. The zero-order valence-corrected chi connectivity index (χ0v) is 12.2. The molecule has 4 nitrogen and oxygen atoms in total. The minimum atomic E-state index is -0.911. The summed E-state index contributed by atoms with van der Waals surface area (Å²) < 4.78 is 0. The van der Waals surface area contributed by atoms with E-state index in [0.29, 0.717) is 10.8 Å². The van der Waals surface area contributed by atoms with Crippen LogP contribution in [0.25, 0.3) is 10.9 Å². The number of aliphatic hydroxyl groups is 1. The number of rotatable bonds is 2. The number of fused-ring (bicyclic) bond motifs is 1. The van der Waals surface area contributed by atoms with Crippen LogP contribution in [-0.2, 0) is 5.60 Å². The van der Waals surface area contributed by atoms with Crippen LogP contribution in [0.2, 0.25) is 5.15 Å². The summed E-state index contributed by atoms with van der Waals surface area (Å²) in [5.41, 5.74) is 0.572. The monoisotopic (exact) mass is 291 g/mol. The van der Waals surface area contributed by atoms with Gasteiger partial charge in [0.2, 0.25) is 0 Å². The molecule has 106 valence electrons. The average Bonchev–Trinajstić information content (AvgIpc) is 2.47. The number of aromatic nitrogens is 2. The maximum absolute atomic E-state index is 10.9. The summed E-state index contributed by atoms with van der Waals surface area (Å²) in [6.07, 6.45) is 3.63. The van der Waals surface area contributed by atoms with E-state index in [1.807, 2.05) is 19.1 Å². The zero-order chi connectivity index (χ0) is 14.2. The molecule has 1 unspecified atom stereocenters. The third kappa shape index (κ3) is 2.51. The van der Waals surface area contributed by atoms with E-state index in [4.69, 9.17) is 11.6 Å². The molecule has 0 spiro atoms. The third-order valence-corrected chi connectivity index (χ3v) is 4.40. The lowest BCUT2D eigenvalue weighted by molar-refractivity contribution is -0.0221. The fraction of sp³-hybridized carbons (Fsp3) is 0.467. The second kappa shape index (κ2) is 5.28. The summed E-state index contributed by atoms with van der Waals surface area (Å²) in [6.45, 7) is 3.76. The molecule has 5 heteroatoms. The highest BCUT2D eigenvalue weighted by atomic mass is 35.5. The minimum Gasteiger partial charge on any atom is -0.384 e. The number of piperidine rings is 1. The van der Waals surface area contributed by atoms with E-state index in [1.165, 1.54) is 0 Å². The first-order chi connectivity index (χ1) is 9.57. The van der Waals surface area contributed by atoms with E-state index in [1.54, 1.807) is 12.3 Å². The van der Waals surface area contributed by atoms with E-state index < -0.39 is 5.60 Å². The lowest BCUT2D eigenvalue weighted by Gasteiger charge is -2.35. The molecule has 1 atom stereocenters. The fourth-order valence-electron chi connectivity index (χ4n) is 2.87. The Balaban J connectivity index is 1.99. The molecule has 0 aromatic carbocycles. The number of nitrogens with zero attached hydrogens (tertiary/aromatic N) is 2. The highest BCUT2D eigenvalue weighted by Gasteiger charge is 2.35. The number of halogens is 1. The van der Waals surface area contributed by atoms with Crippen molar-refractivity contribution in [2.24, 2.45) is 5.92 Å². The van der Waals surface area contributed by atoms with Gasteiger partial charge in [0, 0.05) is 17.6 Å². The Morgan fingerprint density at radius 3 is 2.85 bits per heavy atom. The molecular weight excluding hydrogens is 274 g/mol. The predicted octanol–water partition coefficient (Wildman–Crippen LogP) is 2.49. The maximum Gasteiger partial charge on any atom is 0.131 e. The van der Waals surface area contributed by atoms with E-state index in [9.17, 15) is 5.11 Å². The van der Waals surface area contributed by atoms with Crippen molar-refractivity contribution in [1.29, 1.82) is 0 Å². The van der Waals surface area contributed by atoms with Crippen LogP contribution >= 0.6 is 11.6 Å². The van der Waals surface area contributed by atoms with Gasteiger partial charge in [-0.1, -0.05) is 11.6 Å². The van der Waals surface area contributed by atoms with Crippen molar-refractivity contribution in [3.05, 3.63) is 35.2 Å². The van der Waals surface area contributed by atoms with Crippen LogP contribution in [0.1, 0.15) is 25.5 Å². The molecule has 3 heterocycles. The average molecular weight is 292 g/mol. The first kappa shape index (κ1) is 13.7. The van der Waals surface area contributed by atoms with E-state index in [2.05, 4.69) is 15.3 Å². The fourth-order valence-corrected chi connectivity index (χ4v) is 3.02.